The number of imidazole rings is 1. The summed E-state index contributed by atoms with van der Waals surface area (Å²) in [5.41, 5.74) is 3.70. The molecule has 0 aliphatic rings. The zero-order valence-corrected chi connectivity index (χ0v) is 17.2. The average molecular weight is 429 g/mol. The van der Waals surface area contributed by atoms with Crippen LogP contribution in [0.3, 0.4) is 0 Å². The predicted octanol–water partition coefficient (Wildman–Crippen LogP) is 3.85. The smallest absolute Gasteiger partial charge is 0.314 e. The molecule has 0 saturated heterocycles. The first-order valence-corrected chi connectivity index (χ1v) is 9.57. The largest absolute Gasteiger partial charge is 0.415 e. The van der Waals surface area contributed by atoms with Gasteiger partial charge in [0.05, 0.1) is 29.5 Å². The van der Waals surface area contributed by atoms with E-state index in [-0.39, 0.29) is 17.9 Å². The number of hydrogen-bond donors (Lipinski definition) is 2. The van der Waals surface area contributed by atoms with Crippen LogP contribution in [0.4, 0.5) is 20.4 Å². The summed E-state index contributed by atoms with van der Waals surface area (Å²) >= 11 is 0. The molecule has 0 saturated carbocycles. The molecule has 2 N–H and O–H groups in total. The van der Waals surface area contributed by atoms with Gasteiger partial charge in [0.15, 0.2) is 0 Å². The number of nitrogens with zero attached hydrogens (tertiary/aromatic N) is 6. The molecule has 3 heterocycles. The number of halogens is 2. The van der Waals surface area contributed by atoms with Crippen LogP contribution in [-0.2, 0) is 12.0 Å². The van der Waals surface area contributed by atoms with Gasteiger partial charge in [0.1, 0.15) is 0 Å². The van der Waals surface area contributed by atoms with Crippen molar-refractivity contribution < 1.29 is 18.3 Å². The summed E-state index contributed by atoms with van der Waals surface area (Å²) in [4.78, 5) is 13.0. The van der Waals surface area contributed by atoms with Crippen LogP contribution in [0.1, 0.15) is 38.7 Å². The standard InChI is InChI=1S/C20H21F2N7O2/c1-20(2,3)13-6-12(7-14-15(13)25-10-29(14)4-5-30)26-19-23-8-11(9-24-19)17-27-28-18(31-17)16(21)22/h6-10,16,30H,4-5H2,1-3H3,(H,23,24,26). The Morgan fingerprint density at radius 3 is 2.48 bits per heavy atom. The SMILES string of the molecule is CC(C)(C)c1cc(Nc2ncc(-c3nnc(C(F)F)o3)cn2)cc2c1ncn2CCO. The second kappa shape index (κ2) is 7.99. The van der Waals surface area contributed by atoms with Gasteiger partial charge in [0.2, 0.25) is 5.95 Å². The highest BCUT2D eigenvalue weighted by atomic mass is 19.3. The Bertz CT molecular complexity index is 1200. The lowest BCUT2D eigenvalue weighted by Gasteiger charge is -2.21. The van der Waals surface area contributed by atoms with Crippen LogP contribution in [-0.4, -0.2) is 41.4 Å². The first-order chi connectivity index (χ1) is 14.8. The number of alkyl halides is 2. The zero-order valence-electron chi connectivity index (χ0n) is 17.2. The molecule has 0 aliphatic carbocycles. The molecular formula is C20H21F2N7O2. The molecule has 9 nitrogen and oxygen atoms in total. The highest BCUT2D eigenvalue weighted by Crippen LogP contribution is 2.33. The molecule has 4 aromatic rings. The van der Waals surface area contributed by atoms with Gasteiger partial charge >= 0.3 is 6.43 Å². The Labute approximate surface area is 176 Å². The topological polar surface area (TPSA) is 115 Å². The van der Waals surface area contributed by atoms with E-state index in [1.165, 1.54) is 12.4 Å². The summed E-state index contributed by atoms with van der Waals surface area (Å²) in [5.74, 6) is -0.518. The number of rotatable bonds is 6. The van der Waals surface area contributed by atoms with Gasteiger partial charge in [0.25, 0.3) is 11.8 Å². The second-order valence-corrected chi connectivity index (χ2v) is 7.97. The van der Waals surface area contributed by atoms with E-state index in [4.69, 9.17) is 4.42 Å². The molecule has 4 rings (SSSR count). The summed E-state index contributed by atoms with van der Waals surface area (Å²) in [5, 5.41) is 19.4. The molecule has 0 atom stereocenters. The highest BCUT2D eigenvalue weighted by molar-refractivity contribution is 5.85. The van der Waals surface area contributed by atoms with Gasteiger partial charge in [-0.2, -0.15) is 8.78 Å². The summed E-state index contributed by atoms with van der Waals surface area (Å²) in [7, 11) is 0. The van der Waals surface area contributed by atoms with Crippen molar-refractivity contribution in [3.8, 4) is 11.5 Å². The number of benzene rings is 1. The fraction of sp³-hybridized carbons (Fsp3) is 0.350. The molecule has 162 valence electrons. The summed E-state index contributed by atoms with van der Waals surface area (Å²) in [6.45, 7) is 6.72. The molecule has 0 bridgehead atoms. The van der Waals surface area contributed by atoms with E-state index in [1.807, 2.05) is 16.7 Å². The fourth-order valence-electron chi connectivity index (χ4n) is 3.16. The third-order valence-electron chi connectivity index (χ3n) is 4.66. The van der Waals surface area contributed by atoms with Gasteiger partial charge in [-0.05, 0) is 23.1 Å². The summed E-state index contributed by atoms with van der Waals surface area (Å²) in [6, 6.07) is 3.90. The maximum Gasteiger partial charge on any atom is 0.314 e. The lowest BCUT2D eigenvalue weighted by molar-refractivity contribution is 0.116. The predicted molar refractivity (Wildman–Crippen MR) is 109 cm³/mol. The first kappa shape index (κ1) is 20.8. The van der Waals surface area contributed by atoms with E-state index in [2.05, 4.69) is 51.2 Å². The number of aliphatic hydroxyl groups is 1. The van der Waals surface area contributed by atoms with E-state index in [1.54, 1.807) is 6.33 Å². The van der Waals surface area contributed by atoms with Gasteiger partial charge in [-0.1, -0.05) is 20.8 Å². The second-order valence-electron chi connectivity index (χ2n) is 7.97. The maximum atomic E-state index is 12.6. The minimum Gasteiger partial charge on any atom is -0.415 e. The van der Waals surface area contributed by atoms with Crippen LogP contribution in [0.25, 0.3) is 22.5 Å². The molecule has 0 unspecified atom stereocenters. The lowest BCUT2D eigenvalue weighted by atomic mass is 9.86. The van der Waals surface area contributed by atoms with Gasteiger partial charge in [-0.15, -0.1) is 10.2 Å². The number of aliphatic hydroxyl groups excluding tert-OH is 1. The molecule has 0 radical (unpaired) electrons. The number of anilines is 2. The zero-order chi connectivity index (χ0) is 22.2. The van der Waals surface area contributed by atoms with Crippen LogP contribution in [0.2, 0.25) is 0 Å². The minimum absolute atomic E-state index is 0.00147. The minimum atomic E-state index is -2.84. The molecule has 3 aromatic heterocycles. The van der Waals surface area contributed by atoms with E-state index >= 15 is 0 Å². The molecule has 0 amide bonds. The summed E-state index contributed by atoms with van der Waals surface area (Å²) < 4.78 is 32.1. The van der Waals surface area contributed by atoms with Gasteiger partial charge < -0.3 is 19.4 Å². The van der Waals surface area contributed by atoms with Crippen LogP contribution in [0, 0.1) is 0 Å². The molecular weight excluding hydrogens is 408 g/mol. The highest BCUT2D eigenvalue weighted by Gasteiger charge is 2.21. The van der Waals surface area contributed by atoms with Crippen LogP contribution < -0.4 is 5.32 Å². The van der Waals surface area contributed by atoms with E-state index in [9.17, 15) is 13.9 Å². The van der Waals surface area contributed by atoms with Crippen molar-refractivity contribution in [1.29, 1.82) is 0 Å². The van der Waals surface area contributed by atoms with Gasteiger partial charge in [-0.25, -0.2) is 15.0 Å². The number of nitrogens with one attached hydrogen (secondary N) is 1. The van der Waals surface area contributed by atoms with Crippen LogP contribution in [0.5, 0.6) is 0 Å². The number of fused-ring (bicyclic) bond motifs is 1. The quantitative estimate of drug-likeness (QED) is 0.475. The van der Waals surface area contributed by atoms with Crippen LogP contribution >= 0.6 is 0 Å². The Balaban J connectivity index is 1.65. The Kier molecular flexibility index (Phi) is 5.36. The molecule has 31 heavy (non-hydrogen) atoms. The lowest BCUT2D eigenvalue weighted by Crippen LogP contribution is -2.13. The molecule has 1 aromatic carbocycles. The average Bonchev–Trinajstić information content (AvgIpc) is 3.36. The monoisotopic (exact) mass is 429 g/mol. The van der Waals surface area contributed by atoms with Crippen molar-refractivity contribution in [2.24, 2.45) is 0 Å². The van der Waals surface area contributed by atoms with E-state index in [0.717, 1.165) is 22.3 Å². The van der Waals surface area contributed by atoms with Crippen molar-refractivity contribution in [1.82, 2.24) is 29.7 Å². The summed E-state index contributed by atoms with van der Waals surface area (Å²) in [6.07, 6.45) is 1.70. The number of hydrogen-bond acceptors (Lipinski definition) is 8. The van der Waals surface area contributed by atoms with Crippen molar-refractivity contribution in [2.45, 2.75) is 39.2 Å². The Hall–Kier alpha value is -3.47. The maximum absolute atomic E-state index is 12.6. The van der Waals surface area contributed by atoms with Crippen LogP contribution in [0.15, 0.2) is 35.3 Å². The Morgan fingerprint density at radius 1 is 1.13 bits per heavy atom. The van der Waals surface area contributed by atoms with Crippen molar-refractivity contribution >= 4 is 22.7 Å². The number of aromatic nitrogens is 6. The molecule has 11 heteroatoms. The van der Waals surface area contributed by atoms with Crippen molar-refractivity contribution in [3.05, 3.63) is 42.3 Å². The van der Waals surface area contributed by atoms with E-state index in [0.29, 0.717) is 18.1 Å². The Morgan fingerprint density at radius 2 is 1.87 bits per heavy atom. The third kappa shape index (κ3) is 4.22. The van der Waals surface area contributed by atoms with Crippen molar-refractivity contribution in [2.75, 3.05) is 11.9 Å². The third-order valence-corrected chi connectivity index (χ3v) is 4.66. The molecule has 0 aliphatic heterocycles. The van der Waals surface area contributed by atoms with Gasteiger partial charge in [0, 0.05) is 24.6 Å². The molecule has 0 fully saturated rings. The van der Waals surface area contributed by atoms with Crippen molar-refractivity contribution in [3.63, 3.8) is 0 Å². The fourth-order valence-corrected chi connectivity index (χ4v) is 3.16. The van der Waals surface area contributed by atoms with E-state index < -0.39 is 12.3 Å². The molecule has 0 spiro atoms. The first-order valence-electron chi connectivity index (χ1n) is 9.57. The normalized spacial score (nSPS) is 12.1. The van der Waals surface area contributed by atoms with Gasteiger partial charge in [-0.3, -0.25) is 0 Å².